The van der Waals surface area contributed by atoms with Gasteiger partial charge >= 0.3 is 6.09 Å². The van der Waals surface area contributed by atoms with Crippen LogP contribution in [0.3, 0.4) is 0 Å². The van der Waals surface area contributed by atoms with E-state index in [1.54, 1.807) is 14.0 Å². The SMILES string of the molecule is CCC(CC)CN(CC(O)C(Cc1ccccc1)NC(=O)OC(C)CCC(C)=O)Nc1ccc(OC)cc1. The number of aliphatic hydroxyl groups is 1. The topological polar surface area (TPSA) is 100 Å². The number of alkyl carbamates (subject to hydrolysis) is 1. The van der Waals surface area contributed by atoms with Gasteiger partial charge in [-0.05, 0) is 62.4 Å². The van der Waals surface area contributed by atoms with Crippen molar-refractivity contribution in [3.05, 3.63) is 60.2 Å². The van der Waals surface area contributed by atoms with Gasteiger partial charge in [-0.25, -0.2) is 9.80 Å². The number of hydrogen-bond acceptors (Lipinski definition) is 7. The Morgan fingerprint density at radius 1 is 1.00 bits per heavy atom. The molecule has 2 rings (SSSR count). The van der Waals surface area contributed by atoms with Crippen molar-refractivity contribution in [1.82, 2.24) is 10.3 Å². The Morgan fingerprint density at radius 3 is 2.24 bits per heavy atom. The second-order valence-corrected chi connectivity index (χ2v) is 9.89. The third-order valence-electron chi connectivity index (χ3n) is 6.70. The molecular weight excluding hydrogens is 482 g/mol. The van der Waals surface area contributed by atoms with E-state index in [1.165, 1.54) is 6.92 Å². The highest BCUT2D eigenvalue weighted by molar-refractivity contribution is 5.75. The van der Waals surface area contributed by atoms with E-state index >= 15 is 0 Å². The van der Waals surface area contributed by atoms with E-state index in [1.807, 2.05) is 59.6 Å². The van der Waals surface area contributed by atoms with Crippen LogP contribution in [0.5, 0.6) is 5.75 Å². The molecule has 0 fully saturated rings. The van der Waals surface area contributed by atoms with Gasteiger partial charge in [-0.15, -0.1) is 0 Å². The van der Waals surface area contributed by atoms with Crippen LogP contribution in [0.2, 0.25) is 0 Å². The summed E-state index contributed by atoms with van der Waals surface area (Å²) in [6.07, 6.45) is 1.41. The van der Waals surface area contributed by atoms with Crippen molar-refractivity contribution in [2.24, 2.45) is 5.92 Å². The number of nitrogens with zero attached hydrogens (tertiary/aromatic N) is 1. The molecule has 8 heteroatoms. The number of benzene rings is 2. The summed E-state index contributed by atoms with van der Waals surface area (Å²) < 4.78 is 10.8. The number of carbonyl (C=O) groups is 2. The summed E-state index contributed by atoms with van der Waals surface area (Å²) in [7, 11) is 1.63. The van der Waals surface area contributed by atoms with Crippen LogP contribution in [0, 0.1) is 5.92 Å². The van der Waals surface area contributed by atoms with Gasteiger partial charge in [0.05, 0.1) is 19.3 Å². The number of methoxy groups -OCH3 is 1. The number of anilines is 1. The van der Waals surface area contributed by atoms with Crippen molar-refractivity contribution in [2.45, 2.75) is 78.0 Å². The standard InChI is InChI=1S/C30H45N3O5/c1-6-24(7-2)20-33(32-26-15-17-27(37-5)18-16-26)21-29(35)28(19-25-11-9-8-10-12-25)31-30(36)38-23(4)14-13-22(3)34/h8-12,15-18,23-24,28-29,32,35H,6-7,13-14,19-21H2,1-5H3,(H,31,36). The molecule has 8 nitrogen and oxygen atoms in total. The number of hydrazine groups is 1. The van der Waals surface area contributed by atoms with E-state index in [4.69, 9.17) is 9.47 Å². The molecule has 1 amide bonds. The minimum absolute atomic E-state index is 0.0557. The monoisotopic (exact) mass is 527 g/mol. The van der Waals surface area contributed by atoms with Gasteiger partial charge in [0.25, 0.3) is 0 Å². The Balaban J connectivity index is 2.16. The number of amides is 1. The lowest BCUT2D eigenvalue weighted by molar-refractivity contribution is -0.117. The van der Waals surface area contributed by atoms with Crippen molar-refractivity contribution in [3.8, 4) is 5.75 Å². The number of carbonyl (C=O) groups excluding carboxylic acids is 2. The quantitative estimate of drug-likeness (QED) is 0.243. The number of rotatable bonds is 17. The molecule has 2 aromatic rings. The maximum absolute atomic E-state index is 12.7. The molecule has 3 N–H and O–H groups in total. The lowest BCUT2D eigenvalue weighted by atomic mass is 10.00. The molecule has 0 aliphatic rings. The normalized spacial score (nSPS) is 13.6. The summed E-state index contributed by atoms with van der Waals surface area (Å²) in [5, 5.41) is 16.3. The molecule has 0 aliphatic carbocycles. The van der Waals surface area contributed by atoms with Crippen LogP contribution in [0.1, 0.15) is 58.9 Å². The highest BCUT2D eigenvalue weighted by Crippen LogP contribution is 2.18. The van der Waals surface area contributed by atoms with E-state index < -0.39 is 24.3 Å². The van der Waals surface area contributed by atoms with Crippen molar-refractivity contribution < 1.29 is 24.2 Å². The zero-order chi connectivity index (χ0) is 27.9. The molecule has 3 unspecified atom stereocenters. The van der Waals surface area contributed by atoms with E-state index in [0.29, 0.717) is 31.7 Å². The summed E-state index contributed by atoms with van der Waals surface area (Å²) in [4.78, 5) is 24.0. The van der Waals surface area contributed by atoms with Crippen molar-refractivity contribution in [3.63, 3.8) is 0 Å². The third-order valence-corrected chi connectivity index (χ3v) is 6.70. The van der Waals surface area contributed by atoms with Crippen molar-refractivity contribution in [1.29, 1.82) is 0 Å². The van der Waals surface area contributed by atoms with E-state index in [0.717, 1.165) is 36.4 Å². The zero-order valence-electron chi connectivity index (χ0n) is 23.5. The lowest BCUT2D eigenvalue weighted by Crippen LogP contribution is -2.51. The molecule has 0 radical (unpaired) electrons. The van der Waals surface area contributed by atoms with Gasteiger partial charge in [-0.3, -0.25) is 0 Å². The third kappa shape index (κ3) is 11.5. The predicted molar refractivity (Wildman–Crippen MR) is 151 cm³/mol. The number of nitrogens with one attached hydrogen (secondary N) is 2. The molecule has 2 aromatic carbocycles. The van der Waals surface area contributed by atoms with Crippen LogP contribution in [0.4, 0.5) is 10.5 Å². The number of Topliss-reactive ketones (excluding diaryl/α,β-unsaturated/α-hetero) is 1. The average molecular weight is 528 g/mol. The fraction of sp³-hybridized carbons (Fsp3) is 0.533. The summed E-state index contributed by atoms with van der Waals surface area (Å²) in [6.45, 7) is 8.65. The average Bonchev–Trinajstić information content (AvgIpc) is 2.91. The number of aliphatic hydroxyl groups excluding tert-OH is 1. The molecule has 0 bridgehead atoms. The first-order chi connectivity index (χ1) is 18.2. The van der Waals surface area contributed by atoms with Crippen LogP contribution in [-0.2, 0) is 16.0 Å². The van der Waals surface area contributed by atoms with E-state index in [9.17, 15) is 14.7 Å². The van der Waals surface area contributed by atoms with E-state index in [2.05, 4.69) is 24.6 Å². The minimum atomic E-state index is -0.879. The first-order valence-electron chi connectivity index (χ1n) is 13.6. The molecule has 0 aromatic heterocycles. The Morgan fingerprint density at radius 2 is 1.66 bits per heavy atom. The first-order valence-corrected chi connectivity index (χ1v) is 13.6. The Kier molecular flexibility index (Phi) is 13.7. The second kappa shape index (κ2) is 16.7. The van der Waals surface area contributed by atoms with Gasteiger partial charge in [0, 0.05) is 25.2 Å². The summed E-state index contributed by atoms with van der Waals surface area (Å²) in [6, 6.07) is 16.8. The molecule has 0 saturated carbocycles. The molecule has 0 spiro atoms. The molecule has 38 heavy (non-hydrogen) atoms. The molecule has 0 saturated heterocycles. The van der Waals surface area contributed by atoms with Gasteiger partial charge in [-0.2, -0.15) is 0 Å². The van der Waals surface area contributed by atoms with Gasteiger partial charge in [0.2, 0.25) is 0 Å². The Hall–Kier alpha value is -3.10. The second-order valence-electron chi connectivity index (χ2n) is 9.89. The molecule has 3 atom stereocenters. The zero-order valence-corrected chi connectivity index (χ0v) is 23.5. The van der Waals surface area contributed by atoms with Gasteiger partial charge in [0.1, 0.15) is 17.6 Å². The number of ether oxygens (including phenoxy) is 2. The molecule has 0 heterocycles. The van der Waals surface area contributed by atoms with Crippen LogP contribution in [0.25, 0.3) is 0 Å². The maximum atomic E-state index is 12.7. The lowest BCUT2D eigenvalue weighted by Gasteiger charge is -2.33. The Bertz CT molecular complexity index is 950. The van der Waals surface area contributed by atoms with Crippen LogP contribution >= 0.6 is 0 Å². The summed E-state index contributed by atoms with van der Waals surface area (Å²) in [5.41, 5.74) is 5.31. The van der Waals surface area contributed by atoms with E-state index in [-0.39, 0.29) is 5.78 Å². The fourth-order valence-corrected chi connectivity index (χ4v) is 4.21. The Labute approximate surface area is 227 Å². The maximum Gasteiger partial charge on any atom is 0.407 e. The summed E-state index contributed by atoms with van der Waals surface area (Å²) >= 11 is 0. The van der Waals surface area contributed by atoms with Crippen LogP contribution in [-0.4, -0.2) is 60.4 Å². The number of hydrogen-bond donors (Lipinski definition) is 3. The highest BCUT2D eigenvalue weighted by Gasteiger charge is 2.26. The molecule has 0 aliphatic heterocycles. The van der Waals surface area contributed by atoms with Crippen molar-refractivity contribution >= 4 is 17.6 Å². The first kappa shape index (κ1) is 31.1. The minimum Gasteiger partial charge on any atom is -0.497 e. The summed E-state index contributed by atoms with van der Waals surface area (Å²) in [5.74, 6) is 1.27. The van der Waals surface area contributed by atoms with Crippen molar-refractivity contribution in [2.75, 3.05) is 25.6 Å². The van der Waals surface area contributed by atoms with Crippen LogP contribution in [0.15, 0.2) is 54.6 Å². The van der Waals surface area contributed by atoms with Crippen LogP contribution < -0.4 is 15.5 Å². The highest BCUT2D eigenvalue weighted by atomic mass is 16.6. The van der Waals surface area contributed by atoms with Gasteiger partial charge in [0.15, 0.2) is 0 Å². The van der Waals surface area contributed by atoms with Gasteiger partial charge in [-0.1, -0.05) is 57.0 Å². The molecule has 210 valence electrons. The number of ketones is 1. The predicted octanol–water partition coefficient (Wildman–Crippen LogP) is 5.22. The van der Waals surface area contributed by atoms with Gasteiger partial charge < -0.3 is 30.1 Å². The smallest absolute Gasteiger partial charge is 0.407 e. The largest absolute Gasteiger partial charge is 0.497 e. The fourth-order valence-electron chi connectivity index (χ4n) is 4.21. The molecular formula is C30H45N3O5.